The number of hydrogen-bond acceptors (Lipinski definition) is 7. The highest BCUT2D eigenvalue weighted by Gasteiger charge is 2.12. The summed E-state index contributed by atoms with van der Waals surface area (Å²) in [7, 11) is 0. The molecule has 1 aromatic carbocycles. The molecule has 1 aromatic heterocycles. The zero-order chi connectivity index (χ0) is 14.7. The lowest BCUT2D eigenvalue weighted by Gasteiger charge is -2.11. The molecule has 6 nitrogen and oxygen atoms in total. The Balaban J connectivity index is 2.43. The maximum atomic E-state index is 9.77. The fraction of sp³-hybridized carbons (Fsp3) is 0.154. The molecule has 20 heavy (non-hydrogen) atoms. The summed E-state index contributed by atoms with van der Waals surface area (Å²) in [6, 6.07) is 8.56. The highest BCUT2D eigenvalue weighted by molar-refractivity contribution is 7.99. The van der Waals surface area contributed by atoms with Crippen LogP contribution in [0.25, 0.3) is 0 Å². The lowest BCUT2D eigenvalue weighted by Crippen LogP contribution is -2.00. The second-order valence-electron chi connectivity index (χ2n) is 4.14. The van der Waals surface area contributed by atoms with E-state index in [1.807, 2.05) is 0 Å². The van der Waals surface area contributed by atoms with Crippen molar-refractivity contribution in [3.8, 4) is 6.07 Å². The lowest BCUT2D eigenvalue weighted by molar-refractivity contribution is 0.196. The van der Waals surface area contributed by atoms with Crippen LogP contribution in [0.1, 0.15) is 24.2 Å². The highest BCUT2D eigenvalue weighted by atomic mass is 32.2. The molecule has 0 amide bonds. The van der Waals surface area contributed by atoms with E-state index in [9.17, 15) is 5.11 Å². The Hall–Kier alpha value is -2.30. The third kappa shape index (κ3) is 3.17. The number of anilines is 2. The molecule has 1 heterocycles. The van der Waals surface area contributed by atoms with Gasteiger partial charge < -0.3 is 16.6 Å². The molecule has 0 aliphatic rings. The third-order valence-corrected chi connectivity index (χ3v) is 3.48. The van der Waals surface area contributed by atoms with Gasteiger partial charge in [0.25, 0.3) is 0 Å². The van der Waals surface area contributed by atoms with Gasteiger partial charge in [-0.05, 0) is 36.4 Å². The number of hydrogen-bond donors (Lipinski definition) is 3. The van der Waals surface area contributed by atoms with Crippen molar-refractivity contribution in [2.75, 3.05) is 11.5 Å². The third-order valence-electron chi connectivity index (χ3n) is 2.54. The number of aliphatic hydroxyl groups excluding tert-OH is 1. The Kier molecular flexibility index (Phi) is 4.08. The number of aliphatic hydroxyl groups is 1. The summed E-state index contributed by atoms with van der Waals surface area (Å²) in [5.74, 6) is 0.546. The fourth-order valence-corrected chi connectivity index (χ4v) is 2.68. The van der Waals surface area contributed by atoms with Crippen LogP contribution in [0.4, 0.5) is 11.6 Å². The van der Waals surface area contributed by atoms with Crippen LogP contribution in [-0.4, -0.2) is 15.1 Å². The lowest BCUT2D eigenvalue weighted by atomic mass is 10.1. The minimum atomic E-state index is -0.663. The first-order valence-corrected chi connectivity index (χ1v) is 6.61. The molecule has 0 fully saturated rings. The predicted octanol–water partition coefficient (Wildman–Crippen LogP) is 1.72. The van der Waals surface area contributed by atoms with Crippen molar-refractivity contribution in [2.45, 2.75) is 23.1 Å². The maximum Gasteiger partial charge on any atom is 0.196 e. The normalized spacial score (nSPS) is 11.8. The van der Waals surface area contributed by atoms with E-state index in [0.29, 0.717) is 21.2 Å². The average Bonchev–Trinajstić information content (AvgIpc) is 2.37. The van der Waals surface area contributed by atoms with Gasteiger partial charge in [-0.15, -0.1) is 0 Å². The standard InChI is InChI=1S/C13H13N5OS/c1-7(19)9-3-2-8(6-14)4-10(9)20-13-17-11(15)5-12(16)18-13/h2-5,7,19H,1H3,(H4,15,16,17,18)/t7-/m1/s1. The van der Waals surface area contributed by atoms with Gasteiger partial charge in [0, 0.05) is 11.0 Å². The second-order valence-corrected chi connectivity index (χ2v) is 5.15. The van der Waals surface area contributed by atoms with Crippen LogP contribution in [0, 0.1) is 11.3 Å². The van der Waals surface area contributed by atoms with E-state index in [1.165, 1.54) is 17.8 Å². The van der Waals surface area contributed by atoms with E-state index in [-0.39, 0.29) is 11.6 Å². The molecule has 0 spiro atoms. The molecular weight excluding hydrogens is 274 g/mol. The number of nitrogen functional groups attached to an aromatic ring is 2. The van der Waals surface area contributed by atoms with Crippen LogP contribution in [0.2, 0.25) is 0 Å². The van der Waals surface area contributed by atoms with E-state index < -0.39 is 6.10 Å². The van der Waals surface area contributed by atoms with E-state index in [0.717, 1.165) is 0 Å². The van der Waals surface area contributed by atoms with Gasteiger partial charge in [-0.25, -0.2) is 9.97 Å². The molecule has 0 saturated carbocycles. The number of benzene rings is 1. The predicted molar refractivity (Wildman–Crippen MR) is 76.8 cm³/mol. The maximum absolute atomic E-state index is 9.77. The van der Waals surface area contributed by atoms with Crippen LogP contribution >= 0.6 is 11.8 Å². The Labute approximate surface area is 120 Å². The van der Waals surface area contributed by atoms with Crippen molar-refractivity contribution in [3.63, 3.8) is 0 Å². The number of nitriles is 1. The summed E-state index contributed by atoms with van der Waals surface area (Å²) >= 11 is 1.21. The topological polar surface area (TPSA) is 122 Å². The first-order chi connectivity index (χ1) is 9.49. The monoisotopic (exact) mass is 287 g/mol. The molecular formula is C13H13N5OS. The summed E-state index contributed by atoms with van der Waals surface area (Å²) in [5, 5.41) is 19.1. The Bertz CT molecular complexity index is 661. The fourth-order valence-electron chi connectivity index (χ4n) is 1.64. The Morgan fingerprint density at radius 3 is 2.45 bits per heavy atom. The summed E-state index contributed by atoms with van der Waals surface area (Å²) in [5.41, 5.74) is 12.4. The summed E-state index contributed by atoms with van der Waals surface area (Å²) < 4.78 is 0. The van der Waals surface area contributed by atoms with Crippen LogP contribution in [-0.2, 0) is 0 Å². The zero-order valence-electron chi connectivity index (χ0n) is 10.7. The van der Waals surface area contributed by atoms with Gasteiger partial charge in [0.1, 0.15) is 11.6 Å². The molecule has 2 aromatic rings. The molecule has 1 atom stereocenters. The van der Waals surface area contributed by atoms with Gasteiger partial charge in [-0.1, -0.05) is 6.07 Å². The molecule has 0 unspecified atom stereocenters. The Morgan fingerprint density at radius 2 is 1.90 bits per heavy atom. The molecule has 0 bridgehead atoms. The zero-order valence-corrected chi connectivity index (χ0v) is 11.6. The highest BCUT2D eigenvalue weighted by Crippen LogP contribution is 2.32. The minimum absolute atomic E-state index is 0.273. The van der Waals surface area contributed by atoms with Crippen LogP contribution in [0.15, 0.2) is 34.3 Å². The smallest absolute Gasteiger partial charge is 0.196 e. The van der Waals surface area contributed by atoms with Crippen molar-refractivity contribution in [1.29, 1.82) is 5.26 Å². The SMILES string of the molecule is C[C@@H](O)c1ccc(C#N)cc1Sc1nc(N)cc(N)n1. The molecule has 0 saturated heterocycles. The first kappa shape index (κ1) is 14.1. The molecule has 0 aliphatic heterocycles. The average molecular weight is 287 g/mol. The van der Waals surface area contributed by atoms with E-state index in [4.69, 9.17) is 16.7 Å². The van der Waals surface area contributed by atoms with Crippen molar-refractivity contribution in [1.82, 2.24) is 9.97 Å². The molecule has 0 radical (unpaired) electrons. The van der Waals surface area contributed by atoms with E-state index in [1.54, 1.807) is 25.1 Å². The van der Waals surface area contributed by atoms with Gasteiger partial charge >= 0.3 is 0 Å². The molecule has 2 rings (SSSR count). The minimum Gasteiger partial charge on any atom is -0.389 e. The summed E-state index contributed by atoms with van der Waals surface area (Å²) in [4.78, 5) is 8.84. The second kappa shape index (κ2) is 5.77. The number of aromatic nitrogens is 2. The summed E-state index contributed by atoms with van der Waals surface area (Å²) in [6.07, 6.45) is -0.663. The molecule has 7 heteroatoms. The molecule has 102 valence electrons. The van der Waals surface area contributed by atoms with Gasteiger partial charge in [0.15, 0.2) is 5.16 Å². The number of rotatable bonds is 3. The van der Waals surface area contributed by atoms with Crippen LogP contribution < -0.4 is 11.5 Å². The number of nitrogens with two attached hydrogens (primary N) is 2. The summed E-state index contributed by atoms with van der Waals surface area (Å²) in [6.45, 7) is 1.65. The van der Waals surface area contributed by atoms with Gasteiger partial charge in [-0.2, -0.15) is 5.26 Å². The van der Waals surface area contributed by atoms with Crippen molar-refractivity contribution >= 4 is 23.4 Å². The van der Waals surface area contributed by atoms with Crippen molar-refractivity contribution in [3.05, 3.63) is 35.4 Å². The van der Waals surface area contributed by atoms with E-state index >= 15 is 0 Å². The molecule has 0 aliphatic carbocycles. The quantitative estimate of drug-likeness (QED) is 0.734. The van der Waals surface area contributed by atoms with Gasteiger partial charge in [0.05, 0.1) is 17.7 Å². The van der Waals surface area contributed by atoms with Gasteiger partial charge in [0.2, 0.25) is 0 Å². The Morgan fingerprint density at radius 1 is 1.25 bits per heavy atom. The van der Waals surface area contributed by atoms with Crippen LogP contribution in [0.3, 0.4) is 0 Å². The largest absolute Gasteiger partial charge is 0.389 e. The van der Waals surface area contributed by atoms with Crippen LogP contribution in [0.5, 0.6) is 0 Å². The van der Waals surface area contributed by atoms with Gasteiger partial charge in [-0.3, -0.25) is 0 Å². The van der Waals surface area contributed by atoms with Crippen molar-refractivity contribution < 1.29 is 5.11 Å². The van der Waals surface area contributed by atoms with E-state index in [2.05, 4.69) is 16.0 Å². The van der Waals surface area contributed by atoms with Crippen molar-refractivity contribution in [2.24, 2.45) is 0 Å². The number of nitrogens with zero attached hydrogens (tertiary/aromatic N) is 3. The first-order valence-electron chi connectivity index (χ1n) is 5.79. The molecule has 5 N–H and O–H groups in total.